The van der Waals surface area contributed by atoms with Crippen LogP contribution in [-0.4, -0.2) is 87.9 Å². The summed E-state index contributed by atoms with van der Waals surface area (Å²) < 4.78 is 6.96. The standard InChI is InChI=1S/C32H37N11O3/c1-21-5-6-23(39-30(44)22-7-8-35-26(15-22)32(2,3)19-33)16-24(21)40-29-17-25(31(45)34-4)41-43(29)28-18-27(37-20-38-28)36-9-10-42-11-13-46-14-12-42/h5-8,15-18,20,40H,9-14H2,1-4H3,(H,34,45)(H,39,44)(H,36,37,38). The molecule has 0 radical (unpaired) electrons. The van der Waals surface area contributed by atoms with Crippen LogP contribution < -0.4 is 21.3 Å². The lowest BCUT2D eigenvalue weighted by atomic mass is 9.90. The number of aryl methyl sites for hydroxylation is 1. The molecule has 0 saturated carbocycles. The Morgan fingerprint density at radius 1 is 1.04 bits per heavy atom. The second-order valence-electron chi connectivity index (χ2n) is 11.3. The molecule has 4 aromatic rings. The molecule has 1 aliphatic rings. The first-order valence-electron chi connectivity index (χ1n) is 14.9. The number of nitriles is 1. The zero-order valence-electron chi connectivity index (χ0n) is 26.3. The summed E-state index contributed by atoms with van der Waals surface area (Å²) in [4.78, 5) is 41.1. The highest BCUT2D eigenvalue weighted by molar-refractivity contribution is 6.04. The van der Waals surface area contributed by atoms with Crippen molar-refractivity contribution in [3.63, 3.8) is 0 Å². The third kappa shape index (κ3) is 7.63. The highest BCUT2D eigenvalue weighted by Crippen LogP contribution is 2.27. The maximum absolute atomic E-state index is 13.2. The molecule has 0 atom stereocenters. The number of carbonyl (C=O) groups excluding carboxylic acids is 2. The van der Waals surface area contributed by atoms with Gasteiger partial charge in [-0.15, -0.1) is 0 Å². The van der Waals surface area contributed by atoms with Gasteiger partial charge in [-0.1, -0.05) is 6.07 Å². The molecule has 4 heterocycles. The van der Waals surface area contributed by atoms with E-state index in [0.29, 0.717) is 46.6 Å². The van der Waals surface area contributed by atoms with E-state index in [9.17, 15) is 14.9 Å². The van der Waals surface area contributed by atoms with Crippen molar-refractivity contribution in [2.24, 2.45) is 0 Å². The van der Waals surface area contributed by atoms with E-state index in [1.54, 1.807) is 62.0 Å². The van der Waals surface area contributed by atoms with Crippen LogP contribution in [0.4, 0.5) is 23.0 Å². The van der Waals surface area contributed by atoms with Crippen molar-refractivity contribution in [1.82, 2.24) is 34.9 Å². The molecule has 5 rings (SSSR count). The number of ether oxygens (including phenoxy) is 1. The quantitative estimate of drug-likeness (QED) is 0.193. The van der Waals surface area contributed by atoms with Gasteiger partial charge in [0, 0.05) is 68.5 Å². The molecule has 1 saturated heterocycles. The summed E-state index contributed by atoms with van der Waals surface area (Å²) in [5.74, 6) is 0.875. The van der Waals surface area contributed by atoms with Crippen molar-refractivity contribution in [2.75, 3.05) is 62.4 Å². The maximum atomic E-state index is 13.2. The zero-order chi connectivity index (χ0) is 32.7. The van der Waals surface area contributed by atoms with Crippen molar-refractivity contribution in [3.05, 3.63) is 77.5 Å². The molecular formula is C32H37N11O3. The average molecular weight is 624 g/mol. The second-order valence-corrected chi connectivity index (χ2v) is 11.3. The van der Waals surface area contributed by atoms with Crippen molar-refractivity contribution < 1.29 is 14.3 Å². The van der Waals surface area contributed by atoms with Gasteiger partial charge < -0.3 is 26.0 Å². The molecular weight excluding hydrogens is 586 g/mol. The summed E-state index contributed by atoms with van der Waals surface area (Å²) >= 11 is 0. The summed E-state index contributed by atoms with van der Waals surface area (Å²) in [6, 6.07) is 14.3. The molecule has 1 aliphatic heterocycles. The zero-order valence-corrected chi connectivity index (χ0v) is 26.3. The van der Waals surface area contributed by atoms with Gasteiger partial charge in [-0.05, 0) is 50.6 Å². The molecule has 0 unspecified atom stereocenters. The Morgan fingerprint density at radius 2 is 1.85 bits per heavy atom. The predicted octanol–water partition coefficient (Wildman–Crippen LogP) is 3.27. The third-order valence-corrected chi connectivity index (χ3v) is 7.58. The molecule has 2 amide bonds. The minimum Gasteiger partial charge on any atom is -0.379 e. The van der Waals surface area contributed by atoms with Crippen LogP contribution >= 0.6 is 0 Å². The summed E-state index contributed by atoms with van der Waals surface area (Å²) in [5, 5.41) is 26.2. The highest BCUT2D eigenvalue weighted by atomic mass is 16.5. The van der Waals surface area contributed by atoms with Gasteiger partial charge in [-0.2, -0.15) is 15.0 Å². The number of carbonyl (C=O) groups is 2. The number of nitrogens with one attached hydrogen (secondary N) is 4. The van der Waals surface area contributed by atoms with E-state index in [0.717, 1.165) is 38.4 Å². The van der Waals surface area contributed by atoms with E-state index >= 15 is 0 Å². The first kappa shape index (κ1) is 32.0. The Morgan fingerprint density at radius 3 is 2.61 bits per heavy atom. The van der Waals surface area contributed by atoms with Gasteiger partial charge in [0.15, 0.2) is 11.5 Å². The lowest BCUT2D eigenvalue weighted by Gasteiger charge is -2.26. The minimum atomic E-state index is -0.836. The van der Waals surface area contributed by atoms with E-state index in [2.05, 4.69) is 52.3 Å². The first-order chi connectivity index (χ1) is 22.2. The summed E-state index contributed by atoms with van der Waals surface area (Å²) in [6.45, 7) is 10.2. The topological polar surface area (TPSA) is 175 Å². The number of morpholine rings is 1. The normalized spacial score (nSPS) is 13.5. The Hall–Kier alpha value is -5.39. The van der Waals surface area contributed by atoms with Crippen molar-refractivity contribution >= 4 is 34.8 Å². The summed E-state index contributed by atoms with van der Waals surface area (Å²) in [6.07, 6.45) is 2.97. The van der Waals surface area contributed by atoms with E-state index in [1.165, 1.54) is 12.5 Å². The van der Waals surface area contributed by atoms with E-state index in [-0.39, 0.29) is 17.5 Å². The fraction of sp³-hybridized carbons (Fsp3) is 0.344. The Labute approximate surface area is 267 Å². The number of rotatable bonds is 11. The SMILES string of the molecule is CNC(=O)c1cc(Nc2cc(NC(=O)c3ccnc(C(C)(C)C#N)c3)ccc2C)n(-c2cc(NCCN3CCOCC3)ncn2)n1. The fourth-order valence-corrected chi connectivity index (χ4v) is 4.76. The van der Waals surface area contributed by atoms with Gasteiger partial charge in [-0.25, -0.2) is 9.97 Å². The molecule has 238 valence electrons. The van der Waals surface area contributed by atoms with E-state index in [4.69, 9.17) is 4.74 Å². The maximum Gasteiger partial charge on any atom is 0.271 e. The van der Waals surface area contributed by atoms with E-state index < -0.39 is 5.41 Å². The molecule has 14 nitrogen and oxygen atoms in total. The van der Waals surface area contributed by atoms with Crippen LogP contribution in [0.25, 0.3) is 5.82 Å². The number of nitrogens with zero attached hydrogens (tertiary/aromatic N) is 7. The molecule has 1 fully saturated rings. The van der Waals surface area contributed by atoms with Crippen LogP contribution in [0.1, 0.15) is 46.0 Å². The van der Waals surface area contributed by atoms with Gasteiger partial charge in [0.25, 0.3) is 11.8 Å². The molecule has 46 heavy (non-hydrogen) atoms. The van der Waals surface area contributed by atoms with Gasteiger partial charge in [0.2, 0.25) is 0 Å². The van der Waals surface area contributed by atoms with Crippen molar-refractivity contribution in [2.45, 2.75) is 26.2 Å². The molecule has 0 aliphatic carbocycles. The number of benzene rings is 1. The monoisotopic (exact) mass is 623 g/mol. The van der Waals surface area contributed by atoms with E-state index in [1.807, 2.05) is 13.0 Å². The molecule has 0 spiro atoms. The largest absolute Gasteiger partial charge is 0.379 e. The van der Waals surface area contributed by atoms with Crippen LogP contribution in [0.15, 0.2) is 55.0 Å². The van der Waals surface area contributed by atoms with Crippen molar-refractivity contribution in [1.29, 1.82) is 5.26 Å². The van der Waals surface area contributed by atoms with Crippen LogP contribution in [-0.2, 0) is 10.2 Å². The lowest BCUT2D eigenvalue weighted by molar-refractivity contribution is 0.0398. The number of anilines is 4. The molecule has 3 aromatic heterocycles. The smallest absolute Gasteiger partial charge is 0.271 e. The summed E-state index contributed by atoms with van der Waals surface area (Å²) in [7, 11) is 1.54. The van der Waals surface area contributed by atoms with Gasteiger partial charge in [0.1, 0.15) is 18.0 Å². The molecule has 4 N–H and O–H groups in total. The number of hydrogen-bond acceptors (Lipinski definition) is 11. The van der Waals surface area contributed by atoms with Gasteiger partial charge in [0.05, 0.1) is 30.4 Å². The number of hydrogen-bond donors (Lipinski definition) is 4. The number of aromatic nitrogens is 5. The lowest BCUT2D eigenvalue weighted by Crippen LogP contribution is -2.39. The van der Waals surface area contributed by atoms with Crippen LogP contribution in [0.5, 0.6) is 0 Å². The van der Waals surface area contributed by atoms with Gasteiger partial charge >= 0.3 is 0 Å². The van der Waals surface area contributed by atoms with Gasteiger partial charge in [-0.3, -0.25) is 19.5 Å². The average Bonchev–Trinajstić information content (AvgIpc) is 3.50. The number of pyridine rings is 1. The molecule has 14 heteroatoms. The second kappa shape index (κ2) is 14.1. The van der Waals surface area contributed by atoms with Crippen LogP contribution in [0, 0.1) is 18.3 Å². The van der Waals surface area contributed by atoms with Crippen molar-refractivity contribution in [3.8, 4) is 11.9 Å². The Bertz CT molecular complexity index is 1760. The minimum absolute atomic E-state index is 0.196. The van der Waals surface area contributed by atoms with Crippen LogP contribution in [0.3, 0.4) is 0 Å². The highest BCUT2D eigenvalue weighted by Gasteiger charge is 2.23. The van der Waals surface area contributed by atoms with Crippen LogP contribution in [0.2, 0.25) is 0 Å². The Balaban J connectivity index is 1.36. The first-order valence-corrected chi connectivity index (χ1v) is 14.9. The Kier molecular flexibility index (Phi) is 9.85. The summed E-state index contributed by atoms with van der Waals surface area (Å²) in [5.41, 5.74) is 2.37. The molecule has 1 aromatic carbocycles. The predicted molar refractivity (Wildman–Crippen MR) is 174 cm³/mol. The molecule has 0 bridgehead atoms. The number of amides is 2. The fourth-order valence-electron chi connectivity index (χ4n) is 4.76. The third-order valence-electron chi connectivity index (χ3n) is 7.58.